The monoisotopic (exact) mass is 525 g/mol. The highest BCUT2D eigenvalue weighted by molar-refractivity contribution is 8.18. The van der Waals surface area contributed by atoms with Gasteiger partial charge in [0.25, 0.3) is 11.1 Å². The molecule has 1 aliphatic heterocycles. The molecule has 0 spiro atoms. The summed E-state index contributed by atoms with van der Waals surface area (Å²) >= 11 is 0.923. The summed E-state index contributed by atoms with van der Waals surface area (Å²) in [6, 6.07) is 27.4. The van der Waals surface area contributed by atoms with Crippen molar-refractivity contribution in [1.29, 1.82) is 0 Å². The Labute approximate surface area is 225 Å². The maximum atomic E-state index is 13.0. The van der Waals surface area contributed by atoms with E-state index in [2.05, 4.69) is 18.2 Å². The Balaban J connectivity index is 1.27. The van der Waals surface area contributed by atoms with Crippen molar-refractivity contribution in [1.82, 2.24) is 4.90 Å². The van der Waals surface area contributed by atoms with Crippen molar-refractivity contribution in [2.75, 3.05) is 20.3 Å². The lowest BCUT2D eigenvalue weighted by Crippen LogP contribution is -2.32. The van der Waals surface area contributed by atoms with E-state index in [0.717, 1.165) is 39.2 Å². The summed E-state index contributed by atoms with van der Waals surface area (Å²) in [6.07, 6.45) is 1.70. The van der Waals surface area contributed by atoms with Crippen molar-refractivity contribution < 1.29 is 23.8 Å². The van der Waals surface area contributed by atoms with Crippen LogP contribution in [0, 0.1) is 6.92 Å². The maximum Gasteiger partial charge on any atom is 0.293 e. The molecular weight excluding hydrogens is 498 g/mol. The SMILES string of the molecule is COc1ccc(/C=C2\SC(=O)N(CCOc3ccc(C)cc3)C2=O)cc1OCc1cccc2ccccc12. The molecule has 0 atom stereocenters. The molecule has 4 aromatic rings. The Morgan fingerprint density at radius 3 is 2.47 bits per heavy atom. The quantitative estimate of drug-likeness (QED) is 0.223. The lowest BCUT2D eigenvalue weighted by atomic mass is 10.1. The van der Waals surface area contributed by atoms with E-state index in [9.17, 15) is 9.59 Å². The van der Waals surface area contributed by atoms with Crippen LogP contribution in [-0.4, -0.2) is 36.3 Å². The minimum Gasteiger partial charge on any atom is -0.493 e. The average molecular weight is 526 g/mol. The second kappa shape index (κ2) is 11.4. The van der Waals surface area contributed by atoms with Crippen molar-refractivity contribution >= 4 is 39.8 Å². The summed E-state index contributed by atoms with van der Waals surface area (Å²) < 4.78 is 17.4. The van der Waals surface area contributed by atoms with Gasteiger partial charge in [0.2, 0.25) is 0 Å². The summed E-state index contributed by atoms with van der Waals surface area (Å²) in [5.74, 6) is 1.51. The standard InChI is InChI=1S/C31H27NO5S/c1-21-10-13-25(14-11-21)36-17-16-32-30(33)29(38-31(32)34)19-22-12-15-27(35-2)28(18-22)37-20-24-8-5-7-23-6-3-4-9-26(23)24/h3-15,18-19H,16-17,20H2,1-2H3/b29-19-. The lowest BCUT2D eigenvalue weighted by molar-refractivity contribution is -0.123. The molecule has 1 saturated heterocycles. The number of ether oxygens (including phenoxy) is 3. The molecule has 38 heavy (non-hydrogen) atoms. The predicted octanol–water partition coefficient (Wildman–Crippen LogP) is 6.85. The number of imide groups is 1. The first-order valence-electron chi connectivity index (χ1n) is 12.2. The molecule has 0 radical (unpaired) electrons. The molecule has 4 aromatic carbocycles. The predicted molar refractivity (Wildman–Crippen MR) is 151 cm³/mol. The number of rotatable bonds is 9. The molecule has 5 rings (SSSR count). The van der Waals surface area contributed by atoms with Gasteiger partial charge in [-0.3, -0.25) is 14.5 Å². The summed E-state index contributed by atoms with van der Waals surface area (Å²) in [4.78, 5) is 27.1. The molecule has 6 nitrogen and oxygen atoms in total. The number of hydrogen-bond donors (Lipinski definition) is 0. The van der Waals surface area contributed by atoms with Gasteiger partial charge in [0.15, 0.2) is 11.5 Å². The smallest absolute Gasteiger partial charge is 0.293 e. The summed E-state index contributed by atoms with van der Waals surface area (Å²) in [5, 5.41) is 1.97. The van der Waals surface area contributed by atoms with E-state index in [1.54, 1.807) is 19.3 Å². The molecule has 0 unspecified atom stereocenters. The number of methoxy groups -OCH3 is 1. The van der Waals surface area contributed by atoms with Gasteiger partial charge in [-0.1, -0.05) is 66.2 Å². The van der Waals surface area contributed by atoms with Crippen LogP contribution in [-0.2, 0) is 11.4 Å². The van der Waals surface area contributed by atoms with Crippen LogP contribution in [0.25, 0.3) is 16.8 Å². The van der Waals surface area contributed by atoms with Gasteiger partial charge in [0.1, 0.15) is 19.0 Å². The van der Waals surface area contributed by atoms with Crippen LogP contribution in [0.5, 0.6) is 17.2 Å². The minimum atomic E-state index is -0.332. The zero-order valence-corrected chi connectivity index (χ0v) is 22.0. The van der Waals surface area contributed by atoms with Gasteiger partial charge in [-0.25, -0.2) is 0 Å². The number of thioether (sulfide) groups is 1. The van der Waals surface area contributed by atoms with Crippen molar-refractivity contribution in [2.45, 2.75) is 13.5 Å². The van der Waals surface area contributed by atoms with Gasteiger partial charge < -0.3 is 14.2 Å². The van der Waals surface area contributed by atoms with Crippen LogP contribution >= 0.6 is 11.8 Å². The van der Waals surface area contributed by atoms with Gasteiger partial charge in [-0.05, 0) is 70.9 Å². The first kappa shape index (κ1) is 25.4. The Morgan fingerprint density at radius 1 is 0.868 bits per heavy atom. The number of carbonyl (C=O) groups is 2. The highest BCUT2D eigenvalue weighted by atomic mass is 32.2. The average Bonchev–Trinajstić information content (AvgIpc) is 3.20. The Hall–Kier alpha value is -4.23. The second-order valence-electron chi connectivity index (χ2n) is 8.83. The highest BCUT2D eigenvalue weighted by Crippen LogP contribution is 2.35. The van der Waals surface area contributed by atoms with Crippen LogP contribution in [0.4, 0.5) is 4.79 Å². The van der Waals surface area contributed by atoms with Crippen molar-refractivity contribution in [3.05, 3.63) is 107 Å². The van der Waals surface area contributed by atoms with Crippen molar-refractivity contribution in [3.63, 3.8) is 0 Å². The van der Waals surface area contributed by atoms with Crippen molar-refractivity contribution in [2.24, 2.45) is 0 Å². The number of benzene rings is 4. The Bertz CT molecular complexity index is 1510. The highest BCUT2D eigenvalue weighted by Gasteiger charge is 2.34. The normalized spacial score (nSPS) is 14.4. The van der Waals surface area contributed by atoms with Crippen LogP contribution in [0.15, 0.2) is 89.8 Å². The van der Waals surface area contributed by atoms with E-state index in [4.69, 9.17) is 14.2 Å². The third kappa shape index (κ3) is 5.68. The van der Waals surface area contributed by atoms with Crippen LogP contribution in [0.1, 0.15) is 16.7 Å². The zero-order chi connectivity index (χ0) is 26.5. The van der Waals surface area contributed by atoms with E-state index < -0.39 is 0 Å². The van der Waals surface area contributed by atoms with E-state index in [1.165, 1.54) is 4.90 Å². The van der Waals surface area contributed by atoms with Gasteiger partial charge in [-0.2, -0.15) is 0 Å². The van der Waals surface area contributed by atoms with Crippen LogP contribution in [0.3, 0.4) is 0 Å². The first-order chi connectivity index (χ1) is 18.5. The fourth-order valence-corrected chi connectivity index (χ4v) is 5.07. The molecule has 1 aliphatic rings. The number of amides is 2. The molecule has 7 heteroatoms. The van der Waals surface area contributed by atoms with E-state index in [0.29, 0.717) is 28.8 Å². The molecular formula is C31H27NO5S. The number of carbonyl (C=O) groups excluding carboxylic acids is 2. The number of hydrogen-bond acceptors (Lipinski definition) is 6. The number of aryl methyl sites for hydroxylation is 1. The Morgan fingerprint density at radius 2 is 1.66 bits per heavy atom. The van der Waals surface area contributed by atoms with Crippen LogP contribution in [0.2, 0.25) is 0 Å². The fourth-order valence-electron chi connectivity index (χ4n) is 4.20. The van der Waals surface area contributed by atoms with Gasteiger partial charge in [0, 0.05) is 0 Å². The molecule has 0 N–H and O–H groups in total. The molecule has 192 valence electrons. The molecule has 0 saturated carbocycles. The third-order valence-corrected chi connectivity index (χ3v) is 7.13. The third-order valence-electron chi connectivity index (χ3n) is 6.23. The molecule has 1 heterocycles. The van der Waals surface area contributed by atoms with Gasteiger partial charge in [-0.15, -0.1) is 0 Å². The van der Waals surface area contributed by atoms with Gasteiger partial charge in [0.05, 0.1) is 18.6 Å². The van der Waals surface area contributed by atoms with E-state index in [-0.39, 0.29) is 24.3 Å². The minimum absolute atomic E-state index is 0.178. The Kier molecular flexibility index (Phi) is 7.65. The summed E-state index contributed by atoms with van der Waals surface area (Å²) in [6.45, 7) is 2.76. The van der Waals surface area contributed by atoms with Crippen LogP contribution < -0.4 is 14.2 Å². The van der Waals surface area contributed by atoms with E-state index >= 15 is 0 Å². The molecule has 1 fully saturated rings. The molecule has 2 amide bonds. The first-order valence-corrected chi connectivity index (χ1v) is 13.1. The van der Waals surface area contributed by atoms with Gasteiger partial charge >= 0.3 is 0 Å². The second-order valence-corrected chi connectivity index (χ2v) is 9.83. The topological polar surface area (TPSA) is 65.1 Å². The maximum absolute atomic E-state index is 13.0. The van der Waals surface area contributed by atoms with E-state index in [1.807, 2.05) is 67.6 Å². The summed E-state index contributed by atoms with van der Waals surface area (Å²) in [7, 11) is 1.59. The molecule has 0 aliphatic carbocycles. The number of nitrogens with zero attached hydrogens (tertiary/aromatic N) is 1. The fraction of sp³-hybridized carbons (Fsp3) is 0.161. The lowest BCUT2D eigenvalue weighted by Gasteiger charge is -2.14. The summed E-state index contributed by atoms with van der Waals surface area (Å²) in [5.41, 5.74) is 2.93. The zero-order valence-electron chi connectivity index (χ0n) is 21.2. The largest absolute Gasteiger partial charge is 0.493 e. The molecule has 0 bridgehead atoms. The molecule has 0 aromatic heterocycles. The number of fused-ring (bicyclic) bond motifs is 1. The van der Waals surface area contributed by atoms with Crippen molar-refractivity contribution in [3.8, 4) is 17.2 Å².